The summed E-state index contributed by atoms with van der Waals surface area (Å²) in [6.45, 7) is 2.84. The molecule has 0 aliphatic heterocycles. The molecule has 6 nitrogen and oxygen atoms in total. The molecular formula is C28H26ClN3O3. The number of hydrogen-bond acceptors (Lipinski definition) is 4. The molecule has 0 atom stereocenters. The second kappa shape index (κ2) is 10.2. The smallest absolute Gasteiger partial charge is 0.413 e. The first-order valence-electron chi connectivity index (χ1n) is 11.6. The molecule has 1 aliphatic carbocycles. The van der Waals surface area contributed by atoms with E-state index in [-0.39, 0.29) is 6.10 Å². The van der Waals surface area contributed by atoms with Crippen molar-refractivity contribution in [3.05, 3.63) is 112 Å². The predicted molar refractivity (Wildman–Crippen MR) is 136 cm³/mol. The van der Waals surface area contributed by atoms with Crippen molar-refractivity contribution in [2.24, 2.45) is 0 Å². The Hall–Kier alpha value is -3.77. The molecule has 178 valence electrons. The topological polar surface area (TPSA) is 65.4 Å². The molecule has 0 saturated carbocycles. The van der Waals surface area contributed by atoms with Gasteiger partial charge in [-0.1, -0.05) is 66.2 Å². The standard InChI is InChI=1S/C28H26ClN3O3/c1-19-13-27(30-28(33)35-25-15-21-9-5-6-10-22(21)16-25)31-32(19)17-23-14-24(29)11-12-26(23)34-18-20-7-3-2-4-8-20/h2-14,25H,15-18H2,1H3,(H,30,31,33). The van der Waals surface area contributed by atoms with Gasteiger partial charge in [0.25, 0.3) is 0 Å². The van der Waals surface area contributed by atoms with Crippen LogP contribution in [0.4, 0.5) is 10.6 Å². The molecule has 1 heterocycles. The first-order chi connectivity index (χ1) is 17.0. The minimum absolute atomic E-state index is 0.161. The Kier molecular flexibility index (Phi) is 6.73. The molecule has 3 aromatic carbocycles. The van der Waals surface area contributed by atoms with E-state index in [1.54, 1.807) is 0 Å². The van der Waals surface area contributed by atoms with Gasteiger partial charge in [-0.25, -0.2) is 4.79 Å². The molecule has 4 aromatic rings. The van der Waals surface area contributed by atoms with Crippen LogP contribution in [0.25, 0.3) is 0 Å². The van der Waals surface area contributed by atoms with E-state index in [0.717, 1.165) is 35.4 Å². The summed E-state index contributed by atoms with van der Waals surface area (Å²) in [5.41, 5.74) is 5.34. The van der Waals surface area contributed by atoms with Gasteiger partial charge in [-0.05, 0) is 41.8 Å². The van der Waals surface area contributed by atoms with Gasteiger partial charge in [0.05, 0.1) is 6.54 Å². The van der Waals surface area contributed by atoms with Crippen LogP contribution in [0.15, 0.2) is 78.9 Å². The highest BCUT2D eigenvalue weighted by atomic mass is 35.5. The van der Waals surface area contributed by atoms with Crippen LogP contribution < -0.4 is 10.1 Å². The van der Waals surface area contributed by atoms with Gasteiger partial charge >= 0.3 is 6.09 Å². The van der Waals surface area contributed by atoms with Crippen LogP contribution >= 0.6 is 11.6 Å². The minimum atomic E-state index is -0.498. The molecule has 7 heteroatoms. The molecule has 5 rings (SSSR count). The van der Waals surface area contributed by atoms with Crippen LogP contribution in [0.5, 0.6) is 5.75 Å². The number of aryl methyl sites for hydroxylation is 1. The molecule has 1 aliphatic rings. The Morgan fingerprint density at radius 1 is 1.03 bits per heavy atom. The normalized spacial score (nSPS) is 12.9. The van der Waals surface area contributed by atoms with Gasteiger partial charge in [0.15, 0.2) is 5.82 Å². The monoisotopic (exact) mass is 487 g/mol. The number of hydrogen-bond donors (Lipinski definition) is 1. The summed E-state index contributed by atoms with van der Waals surface area (Å²) < 4.78 is 13.5. The van der Waals surface area contributed by atoms with Crippen LogP contribution in [0.2, 0.25) is 5.02 Å². The fourth-order valence-electron chi connectivity index (χ4n) is 4.33. The van der Waals surface area contributed by atoms with E-state index in [0.29, 0.717) is 24.0 Å². The third kappa shape index (κ3) is 5.66. The molecule has 0 saturated heterocycles. The highest BCUT2D eigenvalue weighted by molar-refractivity contribution is 6.30. The minimum Gasteiger partial charge on any atom is -0.489 e. The Bertz CT molecular complexity index is 1310. The molecule has 0 bridgehead atoms. The van der Waals surface area contributed by atoms with E-state index in [9.17, 15) is 4.79 Å². The predicted octanol–water partition coefficient (Wildman–Crippen LogP) is 6.19. The van der Waals surface area contributed by atoms with Crippen molar-refractivity contribution in [2.45, 2.75) is 39.0 Å². The molecule has 1 aromatic heterocycles. The number of benzene rings is 3. The average Bonchev–Trinajstić information content (AvgIpc) is 3.41. The maximum absolute atomic E-state index is 12.5. The van der Waals surface area contributed by atoms with Gasteiger partial charge in [-0.3, -0.25) is 10.00 Å². The zero-order valence-electron chi connectivity index (χ0n) is 19.4. The maximum atomic E-state index is 12.5. The quantitative estimate of drug-likeness (QED) is 0.337. The molecule has 35 heavy (non-hydrogen) atoms. The van der Waals surface area contributed by atoms with Crippen molar-refractivity contribution in [2.75, 3.05) is 5.32 Å². The van der Waals surface area contributed by atoms with Crippen LogP contribution in [0, 0.1) is 6.92 Å². The molecular weight excluding hydrogens is 462 g/mol. The van der Waals surface area contributed by atoms with Crippen molar-refractivity contribution in [3.63, 3.8) is 0 Å². The molecule has 0 unspecified atom stereocenters. The number of nitrogens with one attached hydrogen (secondary N) is 1. The summed E-state index contributed by atoms with van der Waals surface area (Å²) in [6.07, 6.45) is 0.809. The number of ether oxygens (including phenoxy) is 2. The summed E-state index contributed by atoms with van der Waals surface area (Å²) in [4.78, 5) is 12.5. The first kappa shape index (κ1) is 23.0. The Labute approximate surface area is 209 Å². The number of fused-ring (bicyclic) bond motifs is 1. The molecule has 1 amide bonds. The summed E-state index contributed by atoms with van der Waals surface area (Å²) >= 11 is 6.27. The summed E-state index contributed by atoms with van der Waals surface area (Å²) in [5.74, 6) is 1.18. The van der Waals surface area contributed by atoms with Gasteiger partial charge in [0.2, 0.25) is 0 Å². The summed E-state index contributed by atoms with van der Waals surface area (Å²) in [7, 11) is 0. The number of anilines is 1. The van der Waals surface area contributed by atoms with Crippen LogP contribution in [-0.4, -0.2) is 22.0 Å². The lowest BCUT2D eigenvalue weighted by Crippen LogP contribution is -2.23. The van der Waals surface area contributed by atoms with E-state index in [1.807, 2.05) is 78.3 Å². The number of amides is 1. The van der Waals surface area contributed by atoms with Crippen molar-refractivity contribution in [3.8, 4) is 5.75 Å². The fourth-order valence-corrected chi connectivity index (χ4v) is 4.52. The summed E-state index contributed by atoms with van der Waals surface area (Å²) in [6, 6.07) is 25.5. The van der Waals surface area contributed by atoms with Crippen LogP contribution in [0.3, 0.4) is 0 Å². The lowest BCUT2D eigenvalue weighted by Gasteiger charge is -2.13. The number of carbonyl (C=O) groups excluding carboxylic acids is 1. The SMILES string of the molecule is Cc1cc(NC(=O)OC2Cc3ccccc3C2)nn1Cc1cc(Cl)ccc1OCc1ccccc1. The van der Waals surface area contributed by atoms with E-state index in [1.165, 1.54) is 11.1 Å². The maximum Gasteiger partial charge on any atom is 0.413 e. The highest BCUT2D eigenvalue weighted by Gasteiger charge is 2.24. The number of aromatic nitrogens is 2. The second-order valence-electron chi connectivity index (χ2n) is 8.68. The Balaban J connectivity index is 1.23. The number of carbonyl (C=O) groups is 1. The largest absolute Gasteiger partial charge is 0.489 e. The van der Waals surface area contributed by atoms with Gasteiger partial charge < -0.3 is 9.47 Å². The zero-order chi connectivity index (χ0) is 24.2. The van der Waals surface area contributed by atoms with E-state index < -0.39 is 6.09 Å². The van der Waals surface area contributed by atoms with E-state index in [2.05, 4.69) is 22.5 Å². The molecule has 0 radical (unpaired) electrons. The number of rotatable bonds is 7. The lowest BCUT2D eigenvalue weighted by molar-refractivity contribution is 0.116. The lowest BCUT2D eigenvalue weighted by atomic mass is 10.1. The van der Waals surface area contributed by atoms with Gasteiger partial charge in [-0.2, -0.15) is 5.10 Å². The average molecular weight is 488 g/mol. The Morgan fingerprint density at radius 3 is 2.49 bits per heavy atom. The third-order valence-electron chi connectivity index (χ3n) is 6.08. The molecule has 0 fully saturated rings. The fraction of sp³-hybridized carbons (Fsp3) is 0.214. The van der Waals surface area contributed by atoms with Crippen molar-refractivity contribution < 1.29 is 14.3 Å². The van der Waals surface area contributed by atoms with Crippen molar-refractivity contribution in [1.29, 1.82) is 0 Å². The second-order valence-corrected chi connectivity index (χ2v) is 9.12. The van der Waals surface area contributed by atoms with Crippen LogP contribution in [0.1, 0.15) is 27.9 Å². The van der Waals surface area contributed by atoms with E-state index >= 15 is 0 Å². The molecule has 0 spiro atoms. The van der Waals surface area contributed by atoms with Crippen LogP contribution in [-0.2, 0) is 30.7 Å². The summed E-state index contributed by atoms with van der Waals surface area (Å²) in [5, 5.41) is 7.94. The number of nitrogens with zero attached hydrogens (tertiary/aromatic N) is 2. The van der Waals surface area contributed by atoms with Gasteiger partial charge in [0.1, 0.15) is 18.5 Å². The van der Waals surface area contributed by atoms with Crippen molar-refractivity contribution >= 4 is 23.5 Å². The number of halogens is 1. The first-order valence-corrected chi connectivity index (χ1v) is 12.0. The Morgan fingerprint density at radius 2 is 1.74 bits per heavy atom. The van der Waals surface area contributed by atoms with Gasteiger partial charge in [-0.15, -0.1) is 0 Å². The zero-order valence-corrected chi connectivity index (χ0v) is 20.2. The van der Waals surface area contributed by atoms with Crippen molar-refractivity contribution in [1.82, 2.24) is 9.78 Å². The third-order valence-corrected chi connectivity index (χ3v) is 6.31. The molecule has 1 N–H and O–H groups in total. The van der Waals surface area contributed by atoms with E-state index in [4.69, 9.17) is 21.1 Å². The highest BCUT2D eigenvalue weighted by Crippen LogP contribution is 2.26. The van der Waals surface area contributed by atoms with Gasteiger partial charge in [0, 0.05) is 35.2 Å².